The number of nitro groups is 1. The largest absolute Gasteiger partial charge is 0.467 e. The van der Waals surface area contributed by atoms with Crippen molar-refractivity contribution in [3.8, 4) is 5.75 Å². The summed E-state index contributed by atoms with van der Waals surface area (Å²) in [6.07, 6.45) is 2.80. The van der Waals surface area contributed by atoms with E-state index < -0.39 is 4.92 Å². The van der Waals surface area contributed by atoms with Gasteiger partial charge in [0.05, 0.1) is 11.5 Å². The highest BCUT2D eigenvalue weighted by Gasteiger charge is 2.19. The van der Waals surface area contributed by atoms with E-state index in [1.165, 1.54) is 24.3 Å². The Morgan fingerprint density at radius 1 is 1.35 bits per heavy atom. The number of benzene rings is 2. The summed E-state index contributed by atoms with van der Waals surface area (Å²) in [4.78, 5) is 22.6. The van der Waals surface area contributed by atoms with Gasteiger partial charge in [-0.25, -0.2) is 0 Å². The zero-order valence-corrected chi connectivity index (χ0v) is 14.4. The highest BCUT2D eigenvalue weighted by Crippen LogP contribution is 2.33. The quantitative estimate of drug-likeness (QED) is 0.491. The van der Waals surface area contributed by atoms with Gasteiger partial charge in [-0.2, -0.15) is 0 Å². The smallest absolute Gasteiger partial charge is 0.270 e. The lowest BCUT2D eigenvalue weighted by Crippen LogP contribution is -2.20. The first-order valence-corrected chi connectivity index (χ1v) is 8.13. The fraction of sp³-hybridized carbons (Fsp3) is 0.167. The van der Waals surface area contributed by atoms with Crippen molar-refractivity contribution in [2.24, 2.45) is 0 Å². The predicted molar refractivity (Wildman–Crippen MR) is 95.7 cm³/mol. The second-order valence-corrected chi connectivity index (χ2v) is 6.01. The number of hydrogen-bond donors (Lipinski definition) is 1. The first-order valence-electron chi connectivity index (χ1n) is 7.75. The Kier molecular flexibility index (Phi) is 5.50. The molecule has 1 amide bonds. The molecule has 0 radical (unpaired) electrons. The van der Waals surface area contributed by atoms with E-state index in [-0.39, 0.29) is 25.0 Å². The second-order valence-electron chi connectivity index (χ2n) is 5.57. The van der Waals surface area contributed by atoms with Crippen LogP contribution in [0.4, 0.5) is 5.69 Å². The third-order valence-electron chi connectivity index (χ3n) is 3.70. The van der Waals surface area contributed by atoms with Crippen molar-refractivity contribution >= 4 is 29.3 Å². The van der Waals surface area contributed by atoms with Gasteiger partial charge in [0, 0.05) is 40.9 Å². The van der Waals surface area contributed by atoms with Crippen LogP contribution < -0.4 is 10.1 Å². The summed E-state index contributed by atoms with van der Waals surface area (Å²) < 4.78 is 10.6. The first-order chi connectivity index (χ1) is 12.5. The molecule has 7 nitrogen and oxygen atoms in total. The number of carbonyl (C=O) groups excluding carboxylic acids is 1. The lowest BCUT2D eigenvalue weighted by atomic mass is 10.1. The van der Waals surface area contributed by atoms with Gasteiger partial charge < -0.3 is 14.8 Å². The highest BCUT2D eigenvalue weighted by atomic mass is 35.5. The summed E-state index contributed by atoms with van der Waals surface area (Å²) in [7, 11) is 0. The van der Waals surface area contributed by atoms with Gasteiger partial charge in [0.2, 0.25) is 5.91 Å². The van der Waals surface area contributed by atoms with Crippen molar-refractivity contribution in [1.82, 2.24) is 5.32 Å². The minimum absolute atomic E-state index is 0.0621. The Hall–Kier alpha value is -2.90. The SMILES string of the molecule is O=C(/C=C/c1cc([N+](=O)[O-])cc2c1OCOC2)NCc1cccc(Cl)c1. The van der Waals surface area contributed by atoms with E-state index in [1.807, 2.05) is 6.07 Å². The number of fused-ring (bicyclic) bond motifs is 1. The zero-order valence-electron chi connectivity index (χ0n) is 13.6. The molecule has 3 rings (SSSR count). The maximum absolute atomic E-state index is 12.0. The maximum Gasteiger partial charge on any atom is 0.270 e. The van der Waals surface area contributed by atoms with Crippen molar-refractivity contribution in [2.75, 3.05) is 6.79 Å². The van der Waals surface area contributed by atoms with Crippen molar-refractivity contribution in [3.63, 3.8) is 0 Å². The van der Waals surface area contributed by atoms with E-state index in [4.69, 9.17) is 21.1 Å². The van der Waals surface area contributed by atoms with Gasteiger partial charge in [-0.05, 0) is 23.8 Å². The van der Waals surface area contributed by atoms with E-state index >= 15 is 0 Å². The second kappa shape index (κ2) is 7.99. The summed E-state index contributed by atoms with van der Waals surface area (Å²) >= 11 is 5.90. The topological polar surface area (TPSA) is 90.7 Å². The third kappa shape index (κ3) is 4.38. The highest BCUT2D eigenvalue weighted by molar-refractivity contribution is 6.30. The average molecular weight is 375 g/mol. The summed E-state index contributed by atoms with van der Waals surface area (Å²) in [6, 6.07) is 9.93. The van der Waals surface area contributed by atoms with Crippen LogP contribution in [0.3, 0.4) is 0 Å². The molecule has 0 atom stereocenters. The molecule has 0 aliphatic carbocycles. The Bertz CT molecular complexity index is 882. The number of nitrogens with one attached hydrogen (secondary N) is 1. The number of hydrogen-bond acceptors (Lipinski definition) is 5. The third-order valence-corrected chi connectivity index (χ3v) is 3.94. The van der Waals surface area contributed by atoms with Crippen LogP contribution in [-0.4, -0.2) is 17.6 Å². The van der Waals surface area contributed by atoms with Crippen LogP contribution in [-0.2, 0) is 22.7 Å². The van der Waals surface area contributed by atoms with Crippen molar-refractivity contribution in [2.45, 2.75) is 13.2 Å². The number of ether oxygens (including phenoxy) is 2. The zero-order chi connectivity index (χ0) is 18.5. The van der Waals surface area contributed by atoms with Gasteiger partial charge in [-0.1, -0.05) is 23.7 Å². The number of carbonyl (C=O) groups is 1. The molecular formula is C18H15ClN2O5. The molecule has 134 valence electrons. The average Bonchev–Trinajstić information content (AvgIpc) is 2.64. The van der Waals surface area contributed by atoms with Crippen LogP contribution >= 0.6 is 11.6 Å². The van der Waals surface area contributed by atoms with E-state index in [9.17, 15) is 14.9 Å². The standard InChI is InChI=1S/C18H15ClN2O5/c19-15-3-1-2-12(6-15)9-20-17(22)5-4-13-7-16(21(23)24)8-14-10-25-11-26-18(13)14/h1-8H,9-11H2,(H,20,22)/b5-4+. The van der Waals surface area contributed by atoms with Crippen LogP contribution in [0.1, 0.15) is 16.7 Å². The van der Waals surface area contributed by atoms with Gasteiger partial charge in [-0.3, -0.25) is 14.9 Å². The Morgan fingerprint density at radius 3 is 2.96 bits per heavy atom. The first kappa shape index (κ1) is 17.9. The molecule has 0 fully saturated rings. The van der Waals surface area contributed by atoms with Crippen molar-refractivity contribution < 1.29 is 19.2 Å². The maximum atomic E-state index is 12.0. The monoisotopic (exact) mass is 374 g/mol. The molecular weight excluding hydrogens is 360 g/mol. The molecule has 0 unspecified atom stereocenters. The summed E-state index contributed by atoms with van der Waals surface area (Å²) in [5.74, 6) is 0.151. The predicted octanol–water partition coefficient (Wildman–Crippen LogP) is 3.44. The fourth-order valence-electron chi connectivity index (χ4n) is 2.52. The number of nitro benzene ring substituents is 1. The summed E-state index contributed by atoms with van der Waals surface area (Å²) in [5, 5.41) is 14.4. The molecule has 1 aliphatic rings. The molecule has 8 heteroatoms. The number of non-ortho nitro benzene ring substituents is 1. The van der Waals surface area contributed by atoms with Crippen LogP contribution in [0.5, 0.6) is 5.75 Å². The number of amides is 1. The fourth-order valence-corrected chi connectivity index (χ4v) is 2.73. The Balaban J connectivity index is 1.73. The molecule has 2 aromatic carbocycles. The van der Waals surface area contributed by atoms with Gasteiger partial charge >= 0.3 is 0 Å². The molecule has 0 aromatic heterocycles. The minimum Gasteiger partial charge on any atom is -0.467 e. The molecule has 1 heterocycles. The number of rotatable bonds is 5. The van der Waals surface area contributed by atoms with Crippen LogP contribution in [0.25, 0.3) is 6.08 Å². The van der Waals surface area contributed by atoms with Crippen LogP contribution in [0.2, 0.25) is 5.02 Å². The van der Waals surface area contributed by atoms with Crippen molar-refractivity contribution in [1.29, 1.82) is 0 Å². The summed E-state index contributed by atoms with van der Waals surface area (Å²) in [6.45, 7) is 0.604. The lowest BCUT2D eigenvalue weighted by molar-refractivity contribution is -0.385. The number of nitrogens with zero attached hydrogens (tertiary/aromatic N) is 1. The van der Waals surface area contributed by atoms with E-state index in [0.717, 1.165) is 5.56 Å². The molecule has 0 bridgehead atoms. The molecule has 2 aromatic rings. The lowest BCUT2D eigenvalue weighted by Gasteiger charge is -2.19. The van der Waals surface area contributed by atoms with Crippen molar-refractivity contribution in [3.05, 3.63) is 74.3 Å². The molecule has 1 N–H and O–H groups in total. The van der Waals surface area contributed by atoms with Crippen LogP contribution in [0, 0.1) is 10.1 Å². The molecule has 0 saturated carbocycles. The molecule has 0 saturated heterocycles. The van der Waals surface area contributed by atoms with Crippen LogP contribution in [0.15, 0.2) is 42.5 Å². The Morgan fingerprint density at radius 2 is 2.19 bits per heavy atom. The molecule has 1 aliphatic heterocycles. The van der Waals surface area contributed by atoms with Gasteiger partial charge in [-0.15, -0.1) is 0 Å². The van der Waals surface area contributed by atoms with E-state index in [1.54, 1.807) is 18.2 Å². The van der Waals surface area contributed by atoms with E-state index in [0.29, 0.717) is 28.4 Å². The number of halogens is 1. The van der Waals surface area contributed by atoms with Gasteiger partial charge in [0.1, 0.15) is 5.75 Å². The Labute approximate surface area is 154 Å². The minimum atomic E-state index is -0.495. The molecule has 0 spiro atoms. The van der Waals surface area contributed by atoms with Gasteiger partial charge in [0.15, 0.2) is 6.79 Å². The normalized spacial score (nSPS) is 13.1. The molecule has 26 heavy (non-hydrogen) atoms. The van der Waals surface area contributed by atoms with E-state index in [2.05, 4.69) is 5.32 Å². The van der Waals surface area contributed by atoms with Gasteiger partial charge in [0.25, 0.3) is 5.69 Å². The summed E-state index contributed by atoms with van der Waals surface area (Å²) in [5.41, 5.74) is 1.81.